The van der Waals surface area contributed by atoms with Crippen LogP contribution >= 0.6 is 0 Å². The molecule has 0 atom stereocenters. The number of rotatable bonds is 1. The van der Waals surface area contributed by atoms with E-state index in [0.29, 0.717) is 6.54 Å². The Hall–Kier alpha value is -1.89. The lowest BCUT2D eigenvalue weighted by Gasteiger charge is -1.85. The quantitative estimate of drug-likeness (QED) is 0.588. The number of pyridine rings is 1. The highest BCUT2D eigenvalue weighted by Crippen LogP contribution is 1.96. The average molecular weight is 173 g/mol. The molecule has 13 heavy (non-hydrogen) atoms. The van der Waals surface area contributed by atoms with Crippen molar-refractivity contribution in [2.45, 2.75) is 13.5 Å². The van der Waals surface area contributed by atoms with Gasteiger partial charge in [0.05, 0.1) is 6.20 Å². The standard InChI is InChI=1S/C9H9N4/c1-8-12-6-3-2-4-9(12)11-13(8)7-5-10/h2-4,6H,7H2,1H3/q+1. The van der Waals surface area contributed by atoms with Crippen LogP contribution in [0, 0.1) is 18.3 Å². The van der Waals surface area contributed by atoms with Crippen molar-refractivity contribution in [3.8, 4) is 6.07 Å². The second kappa shape index (κ2) is 2.87. The van der Waals surface area contributed by atoms with E-state index in [4.69, 9.17) is 5.26 Å². The number of hydrogen-bond donors (Lipinski definition) is 0. The maximum atomic E-state index is 8.55. The molecule has 0 amide bonds. The zero-order valence-electron chi connectivity index (χ0n) is 7.31. The molecule has 4 heteroatoms. The van der Waals surface area contributed by atoms with E-state index < -0.39 is 0 Å². The van der Waals surface area contributed by atoms with Crippen molar-refractivity contribution in [2.75, 3.05) is 0 Å². The van der Waals surface area contributed by atoms with Crippen molar-refractivity contribution in [1.82, 2.24) is 9.78 Å². The van der Waals surface area contributed by atoms with Crippen LogP contribution in [0.5, 0.6) is 0 Å². The summed E-state index contributed by atoms with van der Waals surface area (Å²) in [6.45, 7) is 2.24. The molecule has 0 bridgehead atoms. The Balaban J connectivity index is 2.68. The molecule has 0 saturated carbocycles. The minimum Gasteiger partial charge on any atom is -0.201 e. The minimum absolute atomic E-state index is 0.299. The van der Waals surface area contributed by atoms with E-state index in [9.17, 15) is 0 Å². The number of fused-ring (bicyclic) bond motifs is 1. The molecular weight excluding hydrogens is 164 g/mol. The summed E-state index contributed by atoms with van der Waals surface area (Å²) >= 11 is 0. The van der Waals surface area contributed by atoms with Gasteiger partial charge in [0.25, 0.3) is 0 Å². The normalized spacial score (nSPS) is 10.2. The first-order chi connectivity index (χ1) is 6.33. The zero-order chi connectivity index (χ0) is 9.26. The SMILES string of the molecule is Cc1n(CC#N)nc2cccc[n+]12. The molecule has 0 aliphatic rings. The highest BCUT2D eigenvalue weighted by atomic mass is 15.4. The fraction of sp³-hybridized carbons (Fsp3) is 0.222. The van der Waals surface area contributed by atoms with Crippen LogP contribution < -0.4 is 4.40 Å². The Labute approximate surface area is 75.7 Å². The van der Waals surface area contributed by atoms with Gasteiger partial charge in [-0.2, -0.15) is 5.26 Å². The second-order valence-electron chi connectivity index (χ2n) is 2.79. The van der Waals surface area contributed by atoms with Crippen molar-refractivity contribution in [2.24, 2.45) is 0 Å². The fourth-order valence-corrected chi connectivity index (χ4v) is 1.33. The molecule has 0 saturated heterocycles. The highest BCUT2D eigenvalue weighted by Gasteiger charge is 2.13. The van der Waals surface area contributed by atoms with E-state index in [1.807, 2.05) is 35.7 Å². The van der Waals surface area contributed by atoms with Gasteiger partial charge in [0.15, 0.2) is 6.54 Å². The molecule has 2 aromatic heterocycles. The van der Waals surface area contributed by atoms with Crippen LogP contribution in [0.2, 0.25) is 0 Å². The van der Waals surface area contributed by atoms with Crippen LogP contribution in [0.1, 0.15) is 5.82 Å². The van der Waals surface area contributed by atoms with Crippen LogP contribution in [0.4, 0.5) is 0 Å². The van der Waals surface area contributed by atoms with Crippen molar-refractivity contribution >= 4 is 5.65 Å². The smallest absolute Gasteiger partial charge is 0.201 e. The summed E-state index contributed by atoms with van der Waals surface area (Å²) in [4.78, 5) is 0. The molecule has 64 valence electrons. The number of hydrogen-bond acceptors (Lipinski definition) is 2. The fourth-order valence-electron chi connectivity index (χ4n) is 1.33. The summed E-state index contributed by atoms with van der Waals surface area (Å²) in [5, 5.41) is 12.8. The van der Waals surface area contributed by atoms with Crippen molar-refractivity contribution in [1.29, 1.82) is 5.26 Å². The highest BCUT2D eigenvalue weighted by molar-refractivity contribution is 5.26. The van der Waals surface area contributed by atoms with Gasteiger partial charge in [-0.05, 0) is 6.07 Å². The summed E-state index contributed by atoms with van der Waals surface area (Å²) in [6, 6.07) is 7.86. The Morgan fingerprint density at radius 2 is 2.46 bits per heavy atom. The van der Waals surface area contributed by atoms with Gasteiger partial charge in [0, 0.05) is 18.1 Å². The number of aromatic nitrogens is 3. The third-order valence-electron chi connectivity index (χ3n) is 2.00. The first kappa shape index (κ1) is 7.74. The van der Waals surface area contributed by atoms with Crippen LogP contribution in [0.3, 0.4) is 0 Å². The topological polar surface area (TPSA) is 45.7 Å². The lowest BCUT2D eigenvalue weighted by atomic mass is 10.5. The number of nitriles is 1. The molecular formula is C9H9N4+. The maximum Gasteiger partial charge on any atom is 0.306 e. The minimum atomic E-state index is 0.299. The molecule has 0 radical (unpaired) electrons. The summed E-state index contributed by atoms with van der Waals surface area (Å²) in [6.07, 6.45) is 1.94. The van der Waals surface area contributed by atoms with Crippen molar-refractivity contribution in [3.63, 3.8) is 0 Å². The van der Waals surface area contributed by atoms with E-state index in [2.05, 4.69) is 11.2 Å². The number of aryl methyl sites for hydroxylation is 1. The van der Waals surface area contributed by atoms with Gasteiger partial charge >= 0.3 is 5.65 Å². The van der Waals surface area contributed by atoms with Gasteiger partial charge < -0.3 is 0 Å². The first-order valence-electron chi connectivity index (χ1n) is 4.03. The molecule has 0 aliphatic carbocycles. The van der Waals surface area contributed by atoms with Gasteiger partial charge in [-0.25, -0.2) is 4.40 Å². The lowest BCUT2D eigenvalue weighted by molar-refractivity contribution is -0.521. The monoisotopic (exact) mass is 173 g/mol. The largest absolute Gasteiger partial charge is 0.306 e. The number of nitrogens with zero attached hydrogens (tertiary/aromatic N) is 4. The molecule has 2 aromatic rings. The molecule has 0 N–H and O–H groups in total. The Morgan fingerprint density at radius 1 is 1.62 bits per heavy atom. The van der Waals surface area contributed by atoms with Crippen molar-refractivity contribution in [3.05, 3.63) is 30.2 Å². The van der Waals surface area contributed by atoms with Crippen LogP contribution in [0.25, 0.3) is 5.65 Å². The summed E-state index contributed by atoms with van der Waals surface area (Å²) in [5.41, 5.74) is 0.871. The predicted molar refractivity (Wildman–Crippen MR) is 45.7 cm³/mol. The molecule has 0 fully saturated rings. The summed E-state index contributed by atoms with van der Waals surface area (Å²) < 4.78 is 3.65. The van der Waals surface area contributed by atoms with Gasteiger partial charge in [-0.15, -0.1) is 0 Å². The van der Waals surface area contributed by atoms with E-state index >= 15 is 0 Å². The van der Waals surface area contributed by atoms with E-state index in [-0.39, 0.29) is 0 Å². The van der Waals surface area contributed by atoms with Crippen molar-refractivity contribution < 1.29 is 4.40 Å². The predicted octanol–water partition coefficient (Wildman–Crippen LogP) is 0.454. The first-order valence-corrected chi connectivity index (χ1v) is 4.03. The second-order valence-corrected chi connectivity index (χ2v) is 2.79. The molecule has 0 aromatic carbocycles. The van der Waals surface area contributed by atoms with Crippen LogP contribution in [-0.2, 0) is 6.54 Å². The van der Waals surface area contributed by atoms with Gasteiger partial charge in [-0.3, -0.25) is 0 Å². The van der Waals surface area contributed by atoms with Gasteiger partial charge in [0.2, 0.25) is 5.82 Å². The third-order valence-corrected chi connectivity index (χ3v) is 2.00. The van der Waals surface area contributed by atoms with Gasteiger partial charge in [-0.1, -0.05) is 10.7 Å². The van der Waals surface area contributed by atoms with Crippen LogP contribution in [0.15, 0.2) is 24.4 Å². The van der Waals surface area contributed by atoms with Gasteiger partial charge in [0.1, 0.15) is 6.07 Å². The molecule has 0 spiro atoms. The summed E-state index contributed by atoms with van der Waals surface area (Å²) in [5.74, 6) is 0.970. The van der Waals surface area contributed by atoms with E-state index in [1.54, 1.807) is 4.68 Å². The molecule has 0 aliphatic heterocycles. The van der Waals surface area contributed by atoms with E-state index in [0.717, 1.165) is 11.5 Å². The molecule has 2 heterocycles. The maximum absolute atomic E-state index is 8.55. The van der Waals surface area contributed by atoms with Crippen LogP contribution in [-0.4, -0.2) is 9.78 Å². The Morgan fingerprint density at radius 3 is 3.15 bits per heavy atom. The third kappa shape index (κ3) is 1.14. The average Bonchev–Trinajstić information content (AvgIpc) is 2.46. The summed E-state index contributed by atoms with van der Waals surface area (Å²) in [7, 11) is 0. The Bertz CT molecular complexity index is 478. The molecule has 0 unspecified atom stereocenters. The Kier molecular flexibility index (Phi) is 1.71. The zero-order valence-corrected chi connectivity index (χ0v) is 7.31. The molecule has 2 rings (SSSR count). The molecule has 4 nitrogen and oxygen atoms in total. The lowest BCUT2D eigenvalue weighted by Crippen LogP contribution is -2.23. The van der Waals surface area contributed by atoms with E-state index in [1.165, 1.54) is 0 Å².